The fourth-order valence-electron chi connectivity index (χ4n) is 3.91. The Balaban J connectivity index is 1.47. The number of morpholine rings is 1. The van der Waals surface area contributed by atoms with Crippen LogP contribution < -0.4 is 4.90 Å². The van der Waals surface area contributed by atoms with Crippen LogP contribution in [0.2, 0.25) is 10.0 Å². The summed E-state index contributed by atoms with van der Waals surface area (Å²) >= 11 is 11.9. The molecule has 0 bridgehead atoms. The molecule has 0 radical (unpaired) electrons. The number of anilines is 1. The van der Waals surface area contributed by atoms with Gasteiger partial charge in [0, 0.05) is 13.1 Å². The molecule has 33 heavy (non-hydrogen) atoms. The number of ether oxygens (including phenoxy) is 2. The normalized spacial score (nSPS) is 20.1. The maximum absolute atomic E-state index is 12.9. The summed E-state index contributed by atoms with van der Waals surface area (Å²) in [7, 11) is 0. The molecule has 4 rings (SSSR count). The highest BCUT2D eigenvalue weighted by molar-refractivity contribution is 6.42. The van der Waals surface area contributed by atoms with Gasteiger partial charge in [0.1, 0.15) is 0 Å². The Labute approximate surface area is 199 Å². The van der Waals surface area contributed by atoms with Gasteiger partial charge < -0.3 is 14.4 Å². The fourth-order valence-corrected chi connectivity index (χ4v) is 4.20. The number of rotatable bonds is 4. The summed E-state index contributed by atoms with van der Waals surface area (Å²) in [5.74, 6) is -2.24. The molecule has 0 saturated carbocycles. The number of carbonyl (C=O) groups excluding carboxylic acids is 4. The lowest BCUT2D eigenvalue weighted by atomic mass is 10.1. The van der Waals surface area contributed by atoms with Crippen LogP contribution >= 0.6 is 23.2 Å². The number of imide groups is 1. The van der Waals surface area contributed by atoms with E-state index in [9.17, 15) is 19.2 Å². The molecule has 1 fully saturated rings. The molecule has 172 valence electrons. The van der Waals surface area contributed by atoms with E-state index in [1.54, 1.807) is 4.90 Å². The zero-order valence-corrected chi connectivity index (χ0v) is 19.4. The Bertz CT molecular complexity index is 1160. The van der Waals surface area contributed by atoms with Gasteiger partial charge in [0.15, 0.2) is 6.61 Å². The van der Waals surface area contributed by atoms with Gasteiger partial charge in [0.25, 0.3) is 17.7 Å². The maximum Gasteiger partial charge on any atom is 0.338 e. The van der Waals surface area contributed by atoms with Crippen molar-refractivity contribution in [1.29, 1.82) is 0 Å². The molecule has 8 nitrogen and oxygen atoms in total. The third kappa shape index (κ3) is 4.59. The molecule has 2 aliphatic rings. The quantitative estimate of drug-likeness (QED) is 0.480. The van der Waals surface area contributed by atoms with Crippen LogP contribution in [0.3, 0.4) is 0 Å². The van der Waals surface area contributed by atoms with Crippen molar-refractivity contribution in [2.24, 2.45) is 0 Å². The van der Waals surface area contributed by atoms with Crippen molar-refractivity contribution < 1.29 is 28.7 Å². The lowest BCUT2D eigenvalue weighted by molar-refractivity contribution is -0.146. The average molecular weight is 491 g/mol. The van der Waals surface area contributed by atoms with Gasteiger partial charge in [0.2, 0.25) is 0 Å². The molecule has 2 aromatic rings. The van der Waals surface area contributed by atoms with E-state index in [0.29, 0.717) is 13.1 Å². The Morgan fingerprint density at radius 3 is 2.30 bits per heavy atom. The number of nitrogens with zero attached hydrogens (tertiary/aromatic N) is 2. The minimum absolute atomic E-state index is 0.0578. The standard InChI is InChI=1S/C23H20Cl2N2O6/c1-12-9-26(10-13(2)33-12)20(28)11-32-23(31)14-3-5-16-17(7-14)22(30)27(21(16)29)15-4-6-18(24)19(25)8-15/h3-8,12-13H,9-11H2,1-2H3/t12-,13-/m1/s1. The fraction of sp³-hybridized carbons (Fsp3) is 0.304. The van der Waals surface area contributed by atoms with Crippen molar-refractivity contribution in [3.05, 3.63) is 63.1 Å². The highest BCUT2D eigenvalue weighted by Gasteiger charge is 2.37. The molecule has 0 unspecified atom stereocenters. The highest BCUT2D eigenvalue weighted by atomic mass is 35.5. The molecule has 0 aromatic heterocycles. The van der Waals surface area contributed by atoms with Crippen molar-refractivity contribution in [3.63, 3.8) is 0 Å². The van der Waals surface area contributed by atoms with Gasteiger partial charge in [-0.2, -0.15) is 0 Å². The molecule has 2 aliphatic heterocycles. The molecule has 2 aromatic carbocycles. The first kappa shape index (κ1) is 23.2. The van der Waals surface area contributed by atoms with E-state index in [1.807, 2.05) is 13.8 Å². The van der Waals surface area contributed by atoms with E-state index in [0.717, 1.165) is 4.90 Å². The summed E-state index contributed by atoms with van der Waals surface area (Å²) in [6.45, 7) is 4.14. The number of benzene rings is 2. The predicted octanol–water partition coefficient (Wildman–Crippen LogP) is 3.59. The van der Waals surface area contributed by atoms with Crippen molar-refractivity contribution in [3.8, 4) is 0 Å². The molecular weight excluding hydrogens is 471 g/mol. The maximum atomic E-state index is 12.9. The predicted molar refractivity (Wildman–Crippen MR) is 121 cm³/mol. The zero-order chi connectivity index (χ0) is 23.9. The zero-order valence-electron chi connectivity index (χ0n) is 17.8. The van der Waals surface area contributed by atoms with E-state index >= 15 is 0 Å². The molecule has 3 amide bonds. The number of carbonyl (C=O) groups is 4. The second-order valence-electron chi connectivity index (χ2n) is 7.94. The van der Waals surface area contributed by atoms with Gasteiger partial charge in [-0.05, 0) is 50.2 Å². The summed E-state index contributed by atoms with van der Waals surface area (Å²) in [5, 5.41) is 0.487. The topological polar surface area (TPSA) is 93.2 Å². The SMILES string of the molecule is C[C@@H]1CN(C(=O)COC(=O)c2ccc3c(c2)C(=O)N(c2ccc(Cl)c(Cl)c2)C3=O)C[C@@H](C)O1. The number of amides is 3. The number of halogens is 2. The first-order valence-electron chi connectivity index (χ1n) is 10.2. The smallest absolute Gasteiger partial charge is 0.338 e. The monoisotopic (exact) mass is 490 g/mol. The van der Waals surface area contributed by atoms with Crippen molar-refractivity contribution in [2.75, 3.05) is 24.6 Å². The van der Waals surface area contributed by atoms with Crippen LogP contribution in [0, 0.1) is 0 Å². The first-order valence-corrected chi connectivity index (χ1v) is 11.0. The molecular formula is C23H20Cl2N2O6. The summed E-state index contributed by atoms with van der Waals surface area (Å²) < 4.78 is 10.8. The van der Waals surface area contributed by atoms with Gasteiger partial charge in [-0.25, -0.2) is 9.69 Å². The van der Waals surface area contributed by atoms with Crippen LogP contribution in [-0.2, 0) is 14.3 Å². The van der Waals surface area contributed by atoms with E-state index in [1.165, 1.54) is 36.4 Å². The molecule has 0 spiro atoms. The molecule has 0 N–H and O–H groups in total. The molecule has 2 atom stereocenters. The largest absolute Gasteiger partial charge is 0.452 e. The molecule has 2 heterocycles. The van der Waals surface area contributed by atoms with Gasteiger partial charge >= 0.3 is 5.97 Å². The number of hydrogen-bond acceptors (Lipinski definition) is 6. The highest BCUT2D eigenvalue weighted by Crippen LogP contribution is 2.33. The van der Waals surface area contributed by atoms with Crippen LogP contribution in [-0.4, -0.2) is 60.5 Å². The Kier molecular flexibility index (Phi) is 6.43. The summed E-state index contributed by atoms with van der Waals surface area (Å²) in [6.07, 6.45) is -0.209. The molecule has 10 heteroatoms. The minimum atomic E-state index is -0.770. The average Bonchev–Trinajstić information content (AvgIpc) is 3.02. The number of fused-ring (bicyclic) bond motifs is 1. The molecule has 1 saturated heterocycles. The van der Waals surface area contributed by atoms with Crippen LogP contribution in [0.15, 0.2) is 36.4 Å². The van der Waals surface area contributed by atoms with E-state index in [4.69, 9.17) is 32.7 Å². The van der Waals surface area contributed by atoms with Crippen LogP contribution in [0.25, 0.3) is 0 Å². The van der Waals surface area contributed by atoms with Crippen molar-refractivity contribution >= 4 is 52.6 Å². The molecule has 0 aliphatic carbocycles. The lowest BCUT2D eigenvalue weighted by Crippen LogP contribution is -2.49. The third-order valence-corrected chi connectivity index (χ3v) is 6.12. The van der Waals surface area contributed by atoms with Crippen LogP contribution in [0.4, 0.5) is 5.69 Å². The van der Waals surface area contributed by atoms with Crippen molar-refractivity contribution in [1.82, 2.24) is 4.90 Å². The van der Waals surface area contributed by atoms with Gasteiger partial charge in [-0.15, -0.1) is 0 Å². The first-order chi connectivity index (χ1) is 15.7. The van der Waals surface area contributed by atoms with Gasteiger partial charge in [-0.1, -0.05) is 23.2 Å². The van der Waals surface area contributed by atoms with Crippen molar-refractivity contribution in [2.45, 2.75) is 26.1 Å². The second kappa shape index (κ2) is 9.13. The number of esters is 1. The minimum Gasteiger partial charge on any atom is -0.452 e. The summed E-state index contributed by atoms with van der Waals surface area (Å²) in [4.78, 5) is 53.2. The Hall–Kier alpha value is -2.94. The summed E-state index contributed by atoms with van der Waals surface area (Å²) in [6, 6.07) is 8.46. The van der Waals surface area contributed by atoms with Crippen LogP contribution in [0.5, 0.6) is 0 Å². The van der Waals surface area contributed by atoms with Gasteiger partial charge in [0.05, 0.1) is 44.6 Å². The van der Waals surface area contributed by atoms with Crippen LogP contribution in [0.1, 0.15) is 44.9 Å². The third-order valence-electron chi connectivity index (χ3n) is 5.38. The van der Waals surface area contributed by atoms with E-state index in [2.05, 4.69) is 0 Å². The Morgan fingerprint density at radius 2 is 1.64 bits per heavy atom. The van der Waals surface area contributed by atoms with Gasteiger partial charge in [-0.3, -0.25) is 14.4 Å². The summed E-state index contributed by atoms with van der Waals surface area (Å²) in [5.41, 5.74) is 0.527. The Morgan fingerprint density at radius 1 is 0.970 bits per heavy atom. The van der Waals surface area contributed by atoms with E-state index < -0.39 is 24.4 Å². The number of hydrogen-bond donors (Lipinski definition) is 0. The van der Waals surface area contributed by atoms with E-state index in [-0.39, 0.29) is 50.5 Å². The lowest BCUT2D eigenvalue weighted by Gasteiger charge is -2.35. The second-order valence-corrected chi connectivity index (χ2v) is 8.75.